The van der Waals surface area contributed by atoms with Gasteiger partial charge in [0.05, 0.1) is 10.6 Å². The van der Waals surface area contributed by atoms with Crippen molar-refractivity contribution >= 4 is 21.5 Å². The number of nitrogens with one attached hydrogen (secondary N) is 1. The van der Waals surface area contributed by atoms with E-state index in [1.165, 1.54) is 12.1 Å². The zero-order valence-electron chi connectivity index (χ0n) is 9.94. The van der Waals surface area contributed by atoms with Gasteiger partial charge in [0.15, 0.2) is 0 Å². The smallest absolute Gasteiger partial charge is 0.296 e. The van der Waals surface area contributed by atoms with Gasteiger partial charge in [-0.25, -0.2) is 0 Å². The summed E-state index contributed by atoms with van der Waals surface area (Å²) in [5, 5.41) is 13.8. The molecule has 0 radical (unpaired) electrons. The molecule has 1 heterocycles. The molecule has 0 bridgehead atoms. The van der Waals surface area contributed by atoms with Crippen molar-refractivity contribution in [3.63, 3.8) is 0 Å². The monoisotopic (exact) mass is 287 g/mol. The Labute approximate surface area is 109 Å². The lowest BCUT2D eigenvalue weighted by Crippen LogP contribution is -2.44. The van der Waals surface area contributed by atoms with Crippen LogP contribution >= 0.6 is 0 Å². The SMILES string of the molecule is O=[N+]([O-])c1ccc(N2CCNCC2)c(S(=O)(=O)O)c1. The van der Waals surface area contributed by atoms with Crippen LogP contribution < -0.4 is 10.2 Å². The second-order valence-corrected chi connectivity index (χ2v) is 5.51. The Morgan fingerprint density at radius 3 is 2.47 bits per heavy atom. The molecule has 1 aliphatic rings. The maximum atomic E-state index is 11.4. The molecule has 104 valence electrons. The number of rotatable bonds is 3. The molecule has 0 unspecified atom stereocenters. The lowest BCUT2D eigenvalue weighted by Gasteiger charge is -2.30. The molecule has 0 spiro atoms. The largest absolute Gasteiger partial charge is 0.368 e. The molecule has 0 amide bonds. The van der Waals surface area contributed by atoms with Crippen molar-refractivity contribution in [2.45, 2.75) is 4.90 Å². The highest BCUT2D eigenvalue weighted by atomic mass is 32.2. The Balaban J connectivity index is 2.50. The quantitative estimate of drug-likeness (QED) is 0.465. The van der Waals surface area contributed by atoms with Crippen LogP contribution in [0.2, 0.25) is 0 Å². The van der Waals surface area contributed by atoms with Crippen LogP contribution in [0.3, 0.4) is 0 Å². The minimum Gasteiger partial charge on any atom is -0.368 e. The van der Waals surface area contributed by atoms with E-state index >= 15 is 0 Å². The van der Waals surface area contributed by atoms with Crippen molar-refractivity contribution in [3.8, 4) is 0 Å². The van der Waals surface area contributed by atoms with Gasteiger partial charge in [-0.3, -0.25) is 14.7 Å². The van der Waals surface area contributed by atoms with Crippen LogP contribution in [0, 0.1) is 10.1 Å². The van der Waals surface area contributed by atoms with E-state index in [4.69, 9.17) is 0 Å². The van der Waals surface area contributed by atoms with Gasteiger partial charge < -0.3 is 10.2 Å². The summed E-state index contributed by atoms with van der Waals surface area (Å²) in [5.41, 5.74) is -0.0823. The first-order valence-corrected chi connectivity index (χ1v) is 7.05. The normalized spacial score (nSPS) is 16.4. The number of piperazine rings is 1. The molecule has 8 nitrogen and oxygen atoms in total. The van der Waals surface area contributed by atoms with Gasteiger partial charge in [0, 0.05) is 38.3 Å². The molecule has 19 heavy (non-hydrogen) atoms. The maximum Gasteiger partial charge on any atom is 0.296 e. The minimum atomic E-state index is -4.51. The van der Waals surface area contributed by atoms with Gasteiger partial charge in [0.25, 0.3) is 15.8 Å². The molecule has 9 heteroatoms. The third-order valence-electron chi connectivity index (χ3n) is 2.89. The fourth-order valence-corrected chi connectivity index (χ4v) is 2.72. The molecular formula is C10H13N3O5S. The van der Waals surface area contributed by atoms with Crippen LogP contribution in [0.25, 0.3) is 0 Å². The Hall–Kier alpha value is -1.71. The summed E-state index contributed by atoms with van der Waals surface area (Å²) < 4.78 is 31.9. The molecule has 0 aromatic heterocycles. The number of nitrogens with zero attached hydrogens (tertiary/aromatic N) is 2. The first-order valence-electron chi connectivity index (χ1n) is 5.61. The minimum absolute atomic E-state index is 0.287. The molecule has 2 N–H and O–H groups in total. The average molecular weight is 287 g/mol. The zero-order chi connectivity index (χ0) is 14.0. The highest BCUT2D eigenvalue weighted by Crippen LogP contribution is 2.29. The van der Waals surface area contributed by atoms with E-state index in [-0.39, 0.29) is 11.4 Å². The van der Waals surface area contributed by atoms with Crippen molar-refractivity contribution in [1.82, 2.24) is 5.32 Å². The predicted octanol–water partition coefficient (Wildman–Crippen LogP) is 0.251. The number of hydrogen-bond acceptors (Lipinski definition) is 6. The summed E-state index contributed by atoms with van der Waals surface area (Å²) >= 11 is 0. The molecule has 0 atom stereocenters. The van der Waals surface area contributed by atoms with Crippen molar-refractivity contribution in [2.24, 2.45) is 0 Å². The van der Waals surface area contributed by atoms with Crippen molar-refractivity contribution in [2.75, 3.05) is 31.1 Å². The molecule has 1 aromatic carbocycles. The average Bonchev–Trinajstić information content (AvgIpc) is 2.38. The number of nitro groups is 1. The summed E-state index contributed by atoms with van der Waals surface area (Å²) in [6, 6.07) is 3.46. The fourth-order valence-electron chi connectivity index (χ4n) is 1.99. The summed E-state index contributed by atoms with van der Waals surface area (Å²) in [6.07, 6.45) is 0. The lowest BCUT2D eigenvalue weighted by atomic mass is 10.2. The van der Waals surface area contributed by atoms with Crippen LogP contribution in [0.1, 0.15) is 0 Å². The summed E-state index contributed by atoms with van der Waals surface area (Å²) in [7, 11) is -4.51. The number of non-ortho nitro benzene ring substituents is 1. The van der Waals surface area contributed by atoms with E-state index in [2.05, 4.69) is 5.32 Å². The van der Waals surface area contributed by atoms with E-state index in [9.17, 15) is 23.1 Å². The van der Waals surface area contributed by atoms with Gasteiger partial charge in [-0.05, 0) is 6.07 Å². The van der Waals surface area contributed by atoms with Gasteiger partial charge >= 0.3 is 0 Å². The highest BCUT2D eigenvalue weighted by molar-refractivity contribution is 7.86. The van der Waals surface area contributed by atoms with E-state index in [0.29, 0.717) is 26.2 Å². The first kappa shape index (κ1) is 13.7. The second-order valence-electron chi connectivity index (χ2n) is 4.12. The van der Waals surface area contributed by atoms with Crippen molar-refractivity contribution in [3.05, 3.63) is 28.3 Å². The lowest BCUT2D eigenvalue weighted by molar-refractivity contribution is -0.385. The summed E-state index contributed by atoms with van der Waals surface area (Å²) in [5.74, 6) is 0. The van der Waals surface area contributed by atoms with Gasteiger partial charge in [0.2, 0.25) is 0 Å². The summed E-state index contributed by atoms with van der Waals surface area (Å²) in [4.78, 5) is 11.3. The van der Waals surface area contributed by atoms with Crippen LogP contribution in [0.5, 0.6) is 0 Å². The van der Waals surface area contributed by atoms with Crippen LogP contribution in [0.15, 0.2) is 23.1 Å². The van der Waals surface area contributed by atoms with Gasteiger partial charge in [-0.15, -0.1) is 0 Å². The first-order chi connectivity index (χ1) is 8.89. The molecule has 1 saturated heterocycles. The topological polar surface area (TPSA) is 113 Å². The number of benzene rings is 1. The van der Waals surface area contributed by atoms with Crippen LogP contribution in [-0.2, 0) is 10.1 Å². The van der Waals surface area contributed by atoms with E-state index in [0.717, 1.165) is 6.07 Å². The van der Waals surface area contributed by atoms with Crippen LogP contribution in [-0.4, -0.2) is 44.1 Å². The molecular weight excluding hydrogens is 274 g/mol. The Bertz CT molecular complexity index is 595. The Morgan fingerprint density at radius 2 is 1.95 bits per heavy atom. The standard InChI is InChI=1S/C10H13N3O5S/c14-13(15)8-1-2-9(10(7-8)19(16,17)18)12-5-3-11-4-6-12/h1-2,7,11H,3-6H2,(H,16,17,18). The van der Waals surface area contributed by atoms with E-state index < -0.39 is 19.9 Å². The van der Waals surface area contributed by atoms with Gasteiger partial charge in [0.1, 0.15) is 4.90 Å². The maximum absolute atomic E-state index is 11.4. The number of hydrogen-bond donors (Lipinski definition) is 2. The zero-order valence-corrected chi connectivity index (χ0v) is 10.8. The predicted molar refractivity (Wildman–Crippen MR) is 68.0 cm³/mol. The third kappa shape index (κ3) is 3.00. The van der Waals surface area contributed by atoms with E-state index in [1.54, 1.807) is 4.90 Å². The van der Waals surface area contributed by atoms with Crippen LogP contribution in [0.4, 0.5) is 11.4 Å². The van der Waals surface area contributed by atoms with Gasteiger partial charge in [-0.1, -0.05) is 0 Å². The number of anilines is 1. The Morgan fingerprint density at radius 1 is 1.32 bits per heavy atom. The summed E-state index contributed by atoms with van der Waals surface area (Å²) in [6.45, 7) is 2.50. The Kier molecular flexibility index (Phi) is 3.69. The molecule has 0 saturated carbocycles. The second kappa shape index (κ2) is 5.11. The molecule has 1 fully saturated rings. The molecule has 2 rings (SSSR count). The van der Waals surface area contributed by atoms with Gasteiger partial charge in [-0.2, -0.15) is 8.42 Å². The highest BCUT2D eigenvalue weighted by Gasteiger charge is 2.24. The molecule has 0 aliphatic carbocycles. The van der Waals surface area contributed by atoms with Crippen molar-refractivity contribution < 1.29 is 17.9 Å². The fraction of sp³-hybridized carbons (Fsp3) is 0.400. The molecule has 1 aliphatic heterocycles. The molecule has 1 aromatic rings. The van der Waals surface area contributed by atoms with E-state index in [1.807, 2.05) is 0 Å². The third-order valence-corrected chi connectivity index (χ3v) is 3.77. The van der Waals surface area contributed by atoms with Crippen molar-refractivity contribution in [1.29, 1.82) is 0 Å². The number of nitro benzene ring substituents is 1.